The maximum absolute atomic E-state index is 11.0. The number of likely N-dealkylation sites (N-methyl/N-ethyl adjacent to an activating group) is 1. The van der Waals surface area contributed by atoms with Crippen molar-refractivity contribution < 1.29 is 19.1 Å². The first-order chi connectivity index (χ1) is 8.16. The van der Waals surface area contributed by atoms with Gasteiger partial charge in [-0.05, 0) is 14.0 Å². The molecule has 0 aromatic carbocycles. The van der Waals surface area contributed by atoms with E-state index in [4.69, 9.17) is 9.47 Å². The van der Waals surface area contributed by atoms with Crippen LogP contribution >= 0.6 is 0 Å². The highest BCUT2D eigenvalue weighted by Gasteiger charge is 2.03. The van der Waals surface area contributed by atoms with Gasteiger partial charge in [0, 0.05) is 13.1 Å². The van der Waals surface area contributed by atoms with Crippen LogP contribution in [0.15, 0.2) is 0 Å². The fourth-order valence-corrected chi connectivity index (χ4v) is 1.05. The molecule has 0 spiro atoms. The van der Waals surface area contributed by atoms with Crippen LogP contribution in [0.3, 0.4) is 0 Å². The van der Waals surface area contributed by atoms with Gasteiger partial charge in [0.2, 0.25) is 5.91 Å². The molecule has 0 rings (SSSR count). The van der Waals surface area contributed by atoms with Crippen LogP contribution in [-0.4, -0.2) is 58.3 Å². The van der Waals surface area contributed by atoms with Gasteiger partial charge in [0.25, 0.3) is 0 Å². The van der Waals surface area contributed by atoms with E-state index in [9.17, 15) is 9.59 Å². The first kappa shape index (κ1) is 16.0. The molecule has 0 aliphatic rings. The number of hydrogen-bond acceptors (Lipinski definition) is 5. The normalized spacial score (nSPS) is 10.2. The third-order valence-electron chi connectivity index (χ3n) is 1.85. The predicted octanol–water partition coefficient (Wildman–Crippen LogP) is -0.666. The monoisotopic (exact) mass is 246 g/mol. The van der Waals surface area contributed by atoms with Crippen LogP contribution in [0.1, 0.15) is 13.3 Å². The van der Waals surface area contributed by atoms with E-state index < -0.39 is 0 Å². The van der Waals surface area contributed by atoms with Crippen molar-refractivity contribution in [2.75, 3.05) is 46.6 Å². The van der Waals surface area contributed by atoms with Crippen molar-refractivity contribution in [3.63, 3.8) is 0 Å². The third kappa shape index (κ3) is 13.0. The van der Waals surface area contributed by atoms with Crippen LogP contribution in [0.5, 0.6) is 0 Å². The fraction of sp³-hybridized carbons (Fsp3) is 0.818. The minimum atomic E-state index is -0.258. The van der Waals surface area contributed by atoms with Crippen molar-refractivity contribution in [2.45, 2.75) is 13.3 Å². The van der Waals surface area contributed by atoms with Crippen LogP contribution in [0.4, 0.5) is 0 Å². The summed E-state index contributed by atoms with van der Waals surface area (Å²) in [5.41, 5.74) is 0. The van der Waals surface area contributed by atoms with Crippen LogP contribution in [-0.2, 0) is 19.1 Å². The Hall–Kier alpha value is -0.980. The van der Waals surface area contributed by atoms with Crippen molar-refractivity contribution in [1.29, 1.82) is 0 Å². The Kier molecular flexibility index (Phi) is 10.8. The molecule has 0 saturated heterocycles. The number of nitrogens with one attached hydrogen (secondary N) is 2. The first-order valence-corrected chi connectivity index (χ1v) is 5.73. The molecule has 6 heteroatoms. The largest absolute Gasteiger partial charge is 0.378 e. The standard InChI is InChI=1S/C11H22N2O4/c1-10(14)9-11(15)13-4-6-17-8-7-16-5-3-12-2/h12H,3-9H2,1-2H3,(H,13,15). The van der Waals surface area contributed by atoms with Gasteiger partial charge in [-0.15, -0.1) is 0 Å². The minimum absolute atomic E-state index is 0.0624. The number of amides is 1. The molecular weight excluding hydrogens is 224 g/mol. The Morgan fingerprint density at radius 3 is 2.12 bits per heavy atom. The summed E-state index contributed by atoms with van der Waals surface area (Å²) in [6.45, 7) is 4.77. The first-order valence-electron chi connectivity index (χ1n) is 5.73. The highest BCUT2D eigenvalue weighted by molar-refractivity contribution is 5.96. The minimum Gasteiger partial charge on any atom is -0.378 e. The summed E-state index contributed by atoms with van der Waals surface area (Å²) in [6.07, 6.45) is -0.0624. The molecule has 0 unspecified atom stereocenters. The van der Waals surface area contributed by atoms with Gasteiger partial charge in [-0.1, -0.05) is 0 Å². The number of ketones is 1. The number of hydrogen-bond donors (Lipinski definition) is 2. The molecule has 0 aliphatic heterocycles. The van der Waals surface area contributed by atoms with Crippen molar-refractivity contribution >= 4 is 11.7 Å². The van der Waals surface area contributed by atoms with E-state index >= 15 is 0 Å². The molecule has 0 aromatic heterocycles. The molecule has 2 N–H and O–H groups in total. The Bertz CT molecular complexity index is 222. The topological polar surface area (TPSA) is 76.7 Å². The van der Waals surface area contributed by atoms with Gasteiger partial charge in [-0.25, -0.2) is 0 Å². The molecule has 17 heavy (non-hydrogen) atoms. The SMILES string of the molecule is CNCCOCCOCCNC(=O)CC(C)=O. The summed E-state index contributed by atoms with van der Waals surface area (Å²) in [4.78, 5) is 21.6. The average molecular weight is 246 g/mol. The third-order valence-corrected chi connectivity index (χ3v) is 1.85. The van der Waals surface area contributed by atoms with Crippen LogP contribution in [0.2, 0.25) is 0 Å². The molecule has 6 nitrogen and oxygen atoms in total. The summed E-state index contributed by atoms with van der Waals surface area (Å²) >= 11 is 0. The second-order valence-electron chi connectivity index (χ2n) is 3.56. The summed E-state index contributed by atoms with van der Waals surface area (Å²) in [6, 6.07) is 0. The Labute approximate surface area is 102 Å². The lowest BCUT2D eigenvalue weighted by Gasteiger charge is -2.06. The maximum atomic E-state index is 11.0. The smallest absolute Gasteiger partial charge is 0.227 e. The number of carbonyl (C=O) groups is 2. The van der Waals surface area contributed by atoms with E-state index in [0.717, 1.165) is 6.54 Å². The fourth-order valence-electron chi connectivity index (χ4n) is 1.05. The van der Waals surface area contributed by atoms with Gasteiger partial charge in [0.15, 0.2) is 0 Å². The Balaban J connectivity index is 3.13. The molecule has 0 fully saturated rings. The second-order valence-corrected chi connectivity index (χ2v) is 3.56. The number of carbonyl (C=O) groups excluding carboxylic acids is 2. The molecule has 100 valence electrons. The highest BCUT2D eigenvalue weighted by Crippen LogP contribution is 1.82. The van der Waals surface area contributed by atoms with Gasteiger partial charge in [-0.2, -0.15) is 0 Å². The number of Topliss-reactive ketones (excluding diaryl/α,β-unsaturated/α-hetero) is 1. The maximum Gasteiger partial charge on any atom is 0.227 e. The van der Waals surface area contributed by atoms with Gasteiger partial charge in [0.05, 0.1) is 32.8 Å². The predicted molar refractivity (Wildman–Crippen MR) is 63.9 cm³/mol. The number of ether oxygens (including phenoxy) is 2. The molecule has 0 aromatic rings. The Morgan fingerprint density at radius 2 is 1.59 bits per heavy atom. The molecule has 0 radical (unpaired) electrons. The Morgan fingerprint density at radius 1 is 1.00 bits per heavy atom. The van der Waals surface area contributed by atoms with E-state index in [1.165, 1.54) is 6.92 Å². The van der Waals surface area contributed by atoms with Crippen molar-refractivity contribution in [2.24, 2.45) is 0 Å². The van der Waals surface area contributed by atoms with Gasteiger partial charge >= 0.3 is 0 Å². The van der Waals surface area contributed by atoms with Gasteiger partial charge in [0.1, 0.15) is 5.78 Å². The van der Waals surface area contributed by atoms with Crippen LogP contribution in [0, 0.1) is 0 Å². The lowest BCUT2D eigenvalue weighted by molar-refractivity contribution is -0.127. The summed E-state index contributed by atoms with van der Waals surface area (Å²) in [5.74, 6) is -0.396. The van der Waals surface area contributed by atoms with E-state index in [2.05, 4.69) is 10.6 Å². The second kappa shape index (κ2) is 11.5. The van der Waals surface area contributed by atoms with E-state index in [-0.39, 0.29) is 18.1 Å². The van der Waals surface area contributed by atoms with Gasteiger partial charge in [-0.3, -0.25) is 9.59 Å². The van der Waals surface area contributed by atoms with Crippen molar-refractivity contribution in [3.8, 4) is 0 Å². The highest BCUT2D eigenvalue weighted by atomic mass is 16.5. The number of rotatable bonds is 11. The zero-order chi connectivity index (χ0) is 12.9. The van der Waals surface area contributed by atoms with E-state index in [0.29, 0.717) is 33.0 Å². The molecule has 0 aliphatic carbocycles. The van der Waals surface area contributed by atoms with Crippen LogP contribution in [0.25, 0.3) is 0 Å². The van der Waals surface area contributed by atoms with Gasteiger partial charge < -0.3 is 20.1 Å². The molecule has 0 atom stereocenters. The average Bonchev–Trinajstić information content (AvgIpc) is 2.26. The van der Waals surface area contributed by atoms with E-state index in [1.807, 2.05) is 7.05 Å². The molecule has 0 bridgehead atoms. The van der Waals surface area contributed by atoms with Crippen molar-refractivity contribution in [3.05, 3.63) is 0 Å². The summed E-state index contributed by atoms with van der Waals surface area (Å²) in [7, 11) is 1.86. The zero-order valence-corrected chi connectivity index (χ0v) is 10.6. The van der Waals surface area contributed by atoms with E-state index in [1.54, 1.807) is 0 Å². The summed E-state index contributed by atoms with van der Waals surface area (Å²) in [5, 5.41) is 5.56. The van der Waals surface area contributed by atoms with Crippen molar-refractivity contribution in [1.82, 2.24) is 10.6 Å². The van der Waals surface area contributed by atoms with Crippen LogP contribution < -0.4 is 10.6 Å². The summed E-state index contributed by atoms with van der Waals surface area (Å²) < 4.78 is 10.5. The molecule has 0 saturated carbocycles. The molecule has 1 amide bonds. The molecule has 0 heterocycles. The lowest BCUT2D eigenvalue weighted by atomic mass is 10.3. The quantitative estimate of drug-likeness (QED) is 0.374. The zero-order valence-electron chi connectivity index (χ0n) is 10.6. The molecular formula is C11H22N2O4. The lowest BCUT2D eigenvalue weighted by Crippen LogP contribution is -2.28.